The van der Waals surface area contributed by atoms with Gasteiger partial charge in [-0.25, -0.2) is 0 Å². The molecule has 3 N–H and O–H groups in total. The van der Waals surface area contributed by atoms with Gasteiger partial charge in [0, 0.05) is 24.9 Å². The molecule has 0 radical (unpaired) electrons. The standard InChI is InChI=1S/C12H16N4O2/c1-3-12(18)14-11-6-10(15-16-11)8-4-9(5-8)13-7(2)17/h3,6,8-9H,1,4-5H2,2H3,(H,13,17)(H2,14,15,16,18)/t8-,9+. The minimum atomic E-state index is -0.269. The molecule has 0 aromatic carbocycles. The van der Waals surface area contributed by atoms with E-state index in [2.05, 4.69) is 27.4 Å². The summed E-state index contributed by atoms with van der Waals surface area (Å²) >= 11 is 0. The van der Waals surface area contributed by atoms with Crippen LogP contribution in [0.3, 0.4) is 0 Å². The summed E-state index contributed by atoms with van der Waals surface area (Å²) in [5.74, 6) is 0.639. The van der Waals surface area contributed by atoms with Gasteiger partial charge in [-0.15, -0.1) is 0 Å². The van der Waals surface area contributed by atoms with Crippen molar-refractivity contribution in [2.45, 2.75) is 31.7 Å². The number of rotatable bonds is 4. The second-order valence-corrected chi connectivity index (χ2v) is 4.47. The highest BCUT2D eigenvalue weighted by molar-refractivity contribution is 5.98. The van der Waals surface area contributed by atoms with Crippen LogP contribution in [0.15, 0.2) is 18.7 Å². The van der Waals surface area contributed by atoms with E-state index in [0.29, 0.717) is 11.7 Å². The van der Waals surface area contributed by atoms with Gasteiger partial charge in [0.05, 0.1) is 5.69 Å². The van der Waals surface area contributed by atoms with E-state index in [0.717, 1.165) is 18.5 Å². The van der Waals surface area contributed by atoms with E-state index in [1.165, 1.54) is 13.0 Å². The molecule has 2 amide bonds. The Morgan fingerprint density at radius 1 is 1.56 bits per heavy atom. The van der Waals surface area contributed by atoms with E-state index in [4.69, 9.17) is 0 Å². The fourth-order valence-electron chi connectivity index (χ4n) is 2.06. The number of hydrogen-bond acceptors (Lipinski definition) is 3. The first kappa shape index (κ1) is 12.3. The number of nitrogens with zero attached hydrogens (tertiary/aromatic N) is 1. The maximum absolute atomic E-state index is 11.1. The summed E-state index contributed by atoms with van der Waals surface area (Å²) in [5.41, 5.74) is 0.913. The van der Waals surface area contributed by atoms with Crippen LogP contribution in [-0.4, -0.2) is 28.1 Å². The van der Waals surface area contributed by atoms with E-state index in [1.807, 2.05) is 6.07 Å². The van der Waals surface area contributed by atoms with Gasteiger partial charge in [0.25, 0.3) is 0 Å². The highest BCUT2D eigenvalue weighted by Gasteiger charge is 2.32. The zero-order chi connectivity index (χ0) is 13.1. The molecule has 0 spiro atoms. The lowest BCUT2D eigenvalue weighted by Gasteiger charge is -2.34. The van der Waals surface area contributed by atoms with E-state index < -0.39 is 0 Å². The van der Waals surface area contributed by atoms with Crippen LogP contribution in [0.1, 0.15) is 31.4 Å². The third-order valence-corrected chi connectivity index (χ3v) is 3.00. The third kappa shape index (κ3) is 2.77. The van der Waals surface area contributed by atoms with Crippen LogP contribution >= 0.6 is 0 Å². The van der Waals surface area contributed by atoms with Crippen molar-refractivity contribution >= 4 is 17.6 Å². The number of aromatic amines is 1. The summed E-state index contributed by atoms with van der Waals surface area (Å²) in [6.45, 7) is 4.90. The molecule has 1 aliphatic carbocycles. The Hall–Kier alpha value is -2.11. The maximum atomic E-state index is 11.1. The SMILES string of the molecule is C=CC(=O)Nc1cc([C@H]2C[C@@H](NC(C)=O)C2)n[nH]1. The predicted octanol–water partition coefficient (Wildman–Crippen LogP) is 0.916. The lowest BCUT2D eigenvalue weighted by atomic mass is 9.78. The number of anilines is 1. The highest BCUT2D eigenvalue weighted by Crippen LogP contribution is 2.36. The van der Waals surface area contributed by atoms with Gasteiger partial charge in [0.2, 0.25) is 11.8 Å². The molecule has 1 aliphatic rings. The van der Waals surface area contributed by atoms with Crippen molar-refractivity contribution in [3.8, 4) is 0 Å². The number of H-pyrrole nitrogens is 1. The van der Waals surface area contributed by atoms with E-state index >= 15 is 0 Å². The monoisotopic (exact) mass is 248 g/mol. The molecule has 1 saturated carbocycles. The van der Waals surface area contributed by atoms with Gasteiger partial charge >= 0.3 is 0 Å². The van der Waals surface area contributed by atoms with Gasteiger partial charge in [-0.1, -0.05) is 6.58 Å². The third-order valence-electron chi connectivity index (χ3n) is 3.00. The fraction of sp³-hybridized carbons (Fsp3) is 0.417. The van der Waals surface area contributed by atoms with Gasteiger partial charge in [-0.05, 0) is 18.9 Å². The molecule has 0 aliphatic heterocycles. The lowest BCUT2D eigenvalue weighted by Crippen LogP contribution is -2.42. The molecule has 6 nitrogen and oxygen atoms in total. The first-order valence-electron chi connectivity index (χ1n) is 5.84. The predicted molar refractivity (Wildman–Crippen MR) is 67.0 cm³/mol. The topological polar surface area (TPSA) is 86.9 Å². The van der Waals surface area contributed by atoms with Crippen molar-refractivity contribution in [1.82, 2.24) is 15.5 Å². The Kier molecular flexibility index (Phi) is 3.45. The molecule has 1 heterocycles. The Bertz CT molecular complexity index is 474. The van der Waals surface area contributed by atoms with Crippen molar-refractivity contribution < 1.29 is 9.59 Å². The van der Waals surface area contributed by atoms with E-state index in [-0.39, 0.29) is 17.9 Å². The van der Waals surface area contributed by atoms with Crippen LogP contribution in [0.2, 0.25) is 0 Å². The van der Waals surface area contributed by atoms with E-state index in [9.17, 15) is 9.59 Å². The Morgan fingerprint density at radius 2 is 2.28 bits per heavy atom. The number of carbonyl (C=O) groups is 2. The van der Waals surface area contributed by atoms with Crippen LogP contribution in [-0.2, 0) is 9.59 Å². The Balaban J connectivity index is 1.87. The van der Waals surface area contributed by atoms with Gasteiger partial charge in [0.15, 0.2) is 0 Å². The fourth-order valence-corrected chi connectivity index (χ4v) is 2.06. The highest BCUT2D eigenvalue weighted by atomic mass is 16.2. The molecule has 96 valence electrons. The van der Waals surface area contributed by atoms with Gasteiger partial charge < -0.3 is 10.6 Å². The van der Waals surface area contributed by atoms with Crippen molar-refractivity contribution in [1.29, 1.82) is 0 Å². The summed E-state index contributed by atoms with van der Waals surface area (Å²) < 4.78 is 0. The maximum Gasteiger partial charge on any atom is 0.248 e. The Morgan fingerprint density at radius 3 is 2.89 bits per heavy atom. The minimum absolute atomic E-state index is 0.000543. The van der Waals surface area contributed by atoms with Gasteiger partial charge in [-0.2, -0.15) is 5.10 Å². The van der Waals surface area contributed by atoms with Crippen molar-refractivity contribution in [3.05, 3.63) is 24.4 Å². The summed E-state index contributed by atoms with van der Waals surface area (Å²) in [7, 11) is 0. The quantitative estimate of drug-likeness (QED) is 0.692. The molecule has 18 heavy (non-hydrogen) atoms. The van der Waals surface area contributed by atoms with Crippen LogP contribution < -0.4 is 10.6 Å². The first-order valence-corrected chi connectivity index (χ1v) is 5.84. The zero-order valence-corrected chi connectivity index (χ0v) is 10.2. The molecule has 1 aromatic heterocycles. The smallest absolute Gasteiger partial charge is 0.248 e. The molecule has 6 heteroatoms. The molecule has 2 rings (SSSR count). The first-order chi connectivity index (χ1) is 8.58. The van der Waals surface area contributed by atoms with Crippen molar-refractivity contribution in [2.75, 3.05) is 5.32 Å². The van der Waals surface area contributed by atoms with Crippen LogP contribution in [0, 0.1) is 0 Å². The molecule has 0 unspecified atom stereocenters. The lowest BCUT2D eigenvalue weighted by molar-refractivity contribution is -0.120. The molecular weight excluding hydrogens is 232 g/mol. The molecular formula is C12H16N4O2. The van der Waals surface area contributed by atoms with Crippen LogP contribution in [0.5, 0.6) is 0 Å². The molecule has 0 atom stereocenters. The van der Waals surface area contributed by atoms with Gasteiger partial charge in [-0.3, -0.25) is 14.7 Å². The summed E-state index contributed by atoms with van der Waals surface area (Å²) in [6.07, 6.45) is 2.98. The second-order valence-electron chi connectivity index (χ2n) is 4.47. The zero-order valence-electron chi connectivity index (χ0n) is 10.2. The average Bonchev–Trinajstić information content (AvgIpc) is 2.70. The largest absolute Gasteiger partial charge is 0.354 e. The molecule has 0 bridgehead atoms. The van der Waals surface area contributed by atoms with E-state index in [1.54, 1.807) is 0 Å². The van der Waals surface area contributed by atoms with Crippen molar-refractivity contribution in [3.63, 3.8) is 0 Å². The molecule has 1 aromatic rings. The number of carbonyl (C=O) groups excluding carboxylic acids is 2. The number of amides is 2. The summed E-state index contributed by atoms with van der Waals surface area (Å²) in [5, 5.41) is 12.4. The minimum Gasteiger partial charge on any atom is -0.354 e. The summed E-state index contributed by atoms with van der Waals surface area (Å²) in [6, 6.07) is 2.06. The Labute approximate surface area is 105 Å². The van der Waals surface area contributed by atoms with Crippen molar-refractivity contribution in [2.24, 2.45) is 0 Å². The second kappa shape index (κ2) is 5.03. The number of aromatic nitrogens is 2. The number of nitrogens with one attached hydrogen (secondary N) is 3. The summed E-state index contributed by atoms with van der Waals surface area (Å²) in [4.78, 5) is 22.0. The normalized spacial score (nSPS) is 21.8. The average molecular weight is 248 g/mol. The molecule has 1 fully saturated rings. The van der Waals surface area contributed by atoms with Gasteiger partial charge in [0.1, 0.15) is 5.82 Å². The number of hydrogen-bond donors (Lipinski definition) is 3. The van der Waals surface area contributed by atoms with Crippen LogP contribution in [0.4, 0.5) is 5.82 Å². The van der Waals surface area contributed by atoms with Crippen LogP contribution in [0.25, 0.3) is 0 Å². The molecule has 0 saturated heterocycles.